The lowest BCUT2D eigenvalue weighted by Crippen LogP contribution is -2.28. The molecule has 7 nitrogen and oxygen atoms in total. The van der Waals surface area contributed by atoms with Crippen LogP contribution in [0.5, 0.6) is 0 Å². The van der Waals surface area contributed by atoms with E-state index >= 15 is 0 Å². The van der Waals surface area contributed by atoms with Gasteiger partial charge in [0, 0.05) is 24.1 Å². The van der Waals surface area contributed by atoms with Crippen molar-refractivity contribution in [3.63, 3.8) is 0 Å². The van der Waals surface area contributed by atoms with E-state index in [1.165, 1.54) is 6.08 Å². The molecule has 2 aromatic rings. The van der Waals surface area contributed by atoms with Crippen LogP contribution in [0.1, 0.15) is 66.4 Å². The predicted octanol–water partition coefficient (Wildman–Crippen LogP) is 5.45. The van der Waals surface area contributed by atoms with Gasteiger partial charge in [0.15, 0.2) is 0 Å². The molecule has 0 aliphatic heterocycles. The van der Waals surface area contributed by atoms with E-state index in [1.54, 1.807) is 48.5 Å². The summed E-state index contributed by atoms with van der Waals surface area (Å²) in [4.78, 5) is 24.6. The van der Waals surface area contributed by atoms with Crippen LogP contribution in [-0.4, -0.2) is 30.8 Å². The van der Waals surface area contributed by atoms with Crippen LogP contribution < -0.4 is 11.5 Å². The molecule has 0 atom stereocenters. The fourth-order valence-corrected chi connectivity index (χ4v) is 4.10. The standard InChI is InChI=1S/C29H36N2O5/c1-2-3-4-5-16-34-26-11-13-27(14-12-26)36-29(33)23-9-6-21(7-10-23)8-15-28(32)35-20-22-17-24(30)19-25(31)18-22/h2,6-10,15,17-19,26-27H,1,3-5,11-14,16,20,30-31H2. The Morgan fingerprint density at radius 2 is 1.61 bits per heavy atom. The molecule has 0 amide bonds. The first kappa shape index (κ1) is 27.0. The highest BCUT2D eigenvalue weighted by Gasteiger charge is 2.24. The first-order chi connectivity index (χ1) is 17.4. The molecule has 0 saturated heterocycles. The summed E-state index contributed by atoms with van der Waals surface area (Å²) >= 11 is 0. The zero-order valence-corrected chi connectivity index (χ0v) is 20.7. The number of rotatable bonds is 12. The summed E-state index contributed by atoms with van der Waals surface area (Å²) < 4.78 is 16.9. The average molecular weight is 493 g/mol. The molecule has 0 bridgehead atoms. The highest BCUT2D eigenvalue weighted by Crippen LogP contribution is 2.25. The largest absolute Gasteiger partial charge is 0.459 e. The van der Waals surface area contributed by atoms with Crippen molar-refractivity contribution in [2.45, 2.75) is 63.8 Å². The monoisotopic (exact) mass is 492 g/mol. The molecule has 2 aromatic carbocycles. The van der Waals surface area contributed by atoms with Crippen LogP contribution in [0.3, 0.4) is 0 Å². The Kier molecular flexibility index (Phi) is 10.6. The van der Waals surface area contributed by atoms with Crippen LogP contribution in [0.4, 0.5) is 11.4 Å². The maximum Gasteiger partial charge on any atom is 0.338 e. The number of hydrogen-bond acceptors (Lipinski definition) is 7. The lowest BCUT2D eigenvalue weighted by Gasteiger charge is -2.28. The Labute approximate surface area is 213 Å². The fourth-order valence-electron chi connectivity index (χ4n) is 4.10. The van der Waals surface area contributed by atoms with Gasteiger partial charge in [0.25, 0.3) is 0 Å². The van der Waals surface area contributed by atoms with Gasteiger partial charge in [-0.25, -0.2) is 9.59 Å². The molecule has 3 rings (SSSR count). The van der Waals surface area contributed by atoms with Crippen molar-refractivity contribution in [3.05, 3.63) is 77.9 Å². The number of allylic oxidation sites excluding steroid dienone is 1. The van der Waals surface area contributed by atoms with Crippen molar-refractivity contribution in [2.75, 3.05) is 18.1 Å². The zero-order chi connectivity index (χ0) is 25.8. The third kappa shape index (κ3) is 9.23. The van der Waals surface area contributed by atoms with E-state index in [4.69, 9.17) is 25.7 Å². The first-order valence-electron chi connectivity index (χ1n) is 12.5. The van der Waals surface area contributed by atoms with Crippen molar-refractivity contribution in [1.82, 2.24) is 0 Å². The van der Waals surface area contributed by atoms with Gasteiger partial charge in [0.1, 0.15) is 12.7 Å². The molecule has 1 aliphatic rings. The highest BCUT2D eigenvalue weighted by molar-refractivity contribution is 5.90. The van der Waals surface area contributed by atoms with Crippen LogP contribution in [0.2, 0.25) is 0 Å². The van der Waals surface area contributed by atoms with Gasteiger partial charge < -0.3 is 25.7 Å². The molecule has 1 saturated carbocycles. The Morgan fingerprint density at radius 3 is 2.28 bits per heavy atom. The number of hydrogen-bond donors (Lipinski definition) is 2. The molecule has 1 fully saturated rings. The number of nitrogen functional groups attached to an aromatic ring is 2. The Bertz CT molecular complexity index is 1020. The molecule has 0 spiro atoms. The van der Waals surface area contributed by atoms with E-state index in [0.29, 0.717) is 16.9 Å². The third-order valence-electron chi connectivity index (χ3n) is 6.03. The van der Waals surface area contributed by atoms with Gasteiger partial charge in [0.05, 0.1) is 11.7 Å². The van der Waals surface area contributed by atoms with Crippen molar-refractivity contribution >= 4 is 29.4 Å². The molecular weight excluding hydrogens is 456 g/mol. The minimum atomic E-state index is -0.490. The number of benzene rings is 2. The number of anilines is 2. The summed E-state index contributed by atoms with van der Waals surface area (Å²) in [6.07, 6.45) is 11.7. The van der Waals surface area contributed by atoms with Gasteiger partial charge in [-0.05, 0) is 92.5 Å². The number of unbranched alkanes of at least 4 members (excludes halogenated alkanes) is 2. The molecule has 0 radical (unpaired) electrons. The van der Waals surface area contributed by atoms with Crippen LogP contribution in [-0.2, 0) is 25.6 Å². The van der Waals surface area contributed by atoms with E-state index in [0.717, 1.165) is 62.7 Å². The fraction of sp³-hybridized carbons (Fsp3) is 0.379. The third-order valence-corrected chi connectivity index (χ3v) is 6.03. The van der Waals surface area contributed by atoms with Crippen molar-refractivity contribution < 1.29 is 23.8 Å². The topological polar surface area (TPSA) is 114 Å². The van der Waals surface area contributed by atoms with Gasteiger partial charge in [-0.15, -0.1) is 6.58 Å². The summed E-state index contributed by atoms with van der Waals surface area (Å²) in [6.45, 7) is 4.58. The Hall–Kier alpha value is -3.58. The molecule has 7 heteroatoms. The summed E-state index contributed by atoms with van der Waals surface area (Å²) in [5.41, 5.74) is 14.5. The number of nitrogens with two attached hydrogens (primary N) is 2. The SMILES string of the molecule is C=CCCCCOC1CCC(OC(=O)c2ccc(C=CC(=O)OCc3cc(N)cc(N)c3)cc2)CC1. The normalized spacial score (nSPS) is 17.6. The number of ether oxygens (including phenoxy) is 3. The minimum absolute atomic E-state index is 0.0764. The molecule has 4 N–H and O–H groups in total. The van der Waals surface area contributed by atoms with Gasteiger partial charge in [0.2, 0.25) is 0 Å². The maximum absolute atomic E-state index is 12.5. The summed E-state index contributed by atoms with van der Waals surface area (Å²) in [5.74, 6) is -0.823. The molecule has 192 valence electrons. The van der Waals surface area contributed by atoms with Gasteiger partial charge >= 0.3 is 11.9 Å². The molecule has 1 aliphatic carbocycles. The second kappa shape index (κ2) is 14.1. The van der Waals surface area contributed by atoms with E-state index < -0.39 is 5.97 Å². The molecule has 0 unspecified atom stereocenters. The Balaban J connectivity index is 1.38. The summed E-state index contributed by atoms with van der Waals surface area (Å²) in [6, 6.07) is 12.0. The summed E-state index contributed by atoms with van der Waals surface area (Å²) in [5, 5.41) is 0. The van der Waals surface area contributed by atoms with Crippen molar-refractivity contribution in [1.29, 1.82) is 0 Å². The smallest absolute Gasteiger partial charge is 0.338 e. The van der Waals surface area contributed by atoms with Gasteiger partial charge in [-0.3, -0.25) is 0 Å². The lowest BCUT2D eigenvalue weighted by atomic mass is 9.95. The number of esters is 2. The van der Waals surface area contributed by atoms with E-state index in [1.807, 2.05) is 6.08 Å². The number of carbonyl (C=O) groups is 2. The molecule has 0 aromatic heterocycles. The Morgan fingerprint density at radius 1 is 0.944 bits per heavy atom. The highest BCUT2D eigenvalue weighted by atomic mass is 16.5. The van der Waals surface area contributed by atoms with Crippen molar-refractivity contribution in [2.24, 2.45) is 0 Å². The van der Waals surface area contributed by atoms with Crippen molar-refractivity contribution in [3.8, 4) is 0 Å². The average Bonchev–Trinajstić information content (AvgIpc) is 2.87. The predicted molar refractivity (Wildman–Crippen MR) is 142 cm³/mol. The minimum Gasteiger partial charge on any atom is -0.459 e. The quantitative estimate of drug-likeness (QED) is 0.133. The first-order valence-corrected chi connectivity index (χ1v) is 12.5. The van der Waals surface area contributed by atoms with Crippen LogP contribution in [0.15, 0.2) is 61.2 Å². The maximum atomic E-state index is 12.5. The second-order valence-corrected chi connectivity index (χ2v) is 9.03. The van der Waals surface area contributed by atoms with Crippen LogP contribution >= 0.6 is 0 Å². The van der Waals surface area contributed by atoms with E-state index in [-0.39, 0.29) is 24.8 Å². The molecular formula is C29H36N2O5. The molecule has 0 heterocycles. The van der Waals surface area contributed by atoms with E-state index in [2.05, 4.69) is 6.58 Å². The zero-order valence-electron chi connectivity index (χ0n) is 20.7. The van der Waals surface area contributed by atoms with Crippen LogP contribution in [0, 0.1) is 0 Å². The summed E-state index contributed by atoms with van der Waals surface area (Å²) in [7, 11) is 0. The second-order valence-electron chi connectivity index (χ2n) is 9.03. The number of carbonyl (C=O) groups excluding carboxylic acids is 2. The van der Waals surface area contributed by atoms with Crippen LogP contribution in [0.25, 0.3) is 6.08 Å². The molecule has 36 heavy (non-hydrogen) atoms. The van der Waals surface area contributed by atoms with E-state index in [9.17, 15) is 9.59 Å². The lowest BCUT2D eigenvalue weighted by molar-refractivity contribution is -0.138. The van der Waals surface area contributed by atoms with Gasteiger partial charge in [-0.1, -0.05) is 18.2 Å². The van der Waals surface area contributed by atoms with Gasteiger partial charge in [-0.2, -0.15) is 0 Å².